The molecule has 2 aromatic rings. The maximum atomic E-state index is 12.1. The molecule has 2 atom stereocenters. The molecule has 0 radical (unpaired) electrons. The third-order valence-electron chi connectivity index (χ3n) is 3.58. The van der Waals surface area contributed by atoms with E-state index in [1.807, 2.05) is 6.07 Å². The molecule has 0 bridgehead atoms. The van der Waals surface area contributed by atoms with Crippen LogP contribution in [0, 0.1) is 0 Å². The lowest BCUT2D eigenvalue weighted by molar-refractivity contribution is -0.117. The topological polar surface area (TPSA) is 74.2 Å². The van der Waals surface area contributed by atoms with E-state index in [4.69, 9.17) is 23.2 Å². The third kappa shape index (κ3) is 4.22. The Kier molecular flexibility index (Phi) is 5.18. The molecule has 1 amide bonds. The number of aliphatic hydroxyl groups is 1. The number of nitrogens with zero attached hydrogens (tertiary/aromatic N) is 1. The third-order valence-corrected chi connectivity index (χ3v) is 5.10. The minimum atomic E-state index is -0.470. The highest BCUT2D eigenvalue weighted by atomic mass is 35.5. The van der Waals surface area contributed by atoms with Crippen molar-refractivity contribution in [2.45, 2.75) is 25.0 Å². The second-order valence-electron chi connectivity index (χ2n) is 5.38. The summed E-state index contributed by atoms with van der Waals surface area (Å²) in [6.45, 7) is 0.439. The van der Waals surface area contributed by atoms with Gasteiger partial charge in [-0.2, -0.15) is 0 Å². The first-order valence-corrected chi connectivity index (χ1v) is 8.69. The number of rotatable bonds is 4. The number of carbonyl (C=O) groups is 1. The zero-order valence-corrected chi connectivity index (χ0v) is 14.4. The Labute approximate surface area is 147 Å². The van der Waals surface area contributed by atoms with Crippen LogP contribution in [0.4, 0.5) is 5.13 Å². The zero-order valence-electron chi connectivity index (χ0n) is 12.1. The van der Waals surface area contributed by atoms with E-state index in [0.29, 0.717) is 34.6 Å². The van der Waals surface area contributed by atoms with Gasteiger partial charge in [0.15, 0.2) is 5.13 Å². The lowest BCUT2D eigenvalue weighted by atomic mass is 10.1. The Hall–Kier alpha value is -1.18. The van der Waals surface area contributed by atoms with E-state index in [0.717, 1.165) is 10.4 Å². The van der Waals surface area contributed by atoms with Gasteiger partial charge in [0.2, 0.25) is 5.91 Å². The summed E-state index contributed by atoms with van der Waals surface area (Å²) >= 11 is 13.5. The molecule has 1 fully saturated rings. The second-order valence-corrected chi connectivity index (χ2v) is 7.34. The van der Waals surface area contributed by atoms with Crippen molar-refractivity contribution >= 4 is 45.6 Å². The van der Waals surface area contributed by atoms with Gasteiger partial charge in [0.1, 0.15) is 0 Å². The van der Waals surface area contributed by atoms with E-state index in [2.05, 4.69) is 15.6 Å². The van der Waals surface area contributed by atoms with E-state index >= 15 is 0 Å². The van der Waals surface area contributed by atoms with Crippen LogP contribution in [0.2, 0.25) is 10.0 Å². The van der Waals surface area contributed by atoms with E-state index in [-0.39, 0.29) is 11.9 Å². The number of amides is 1. The first-order chi connectivity index (χ1) is 11.0. The molecular weight excluding hydrogens is 357 g/mol. The van der Waals surface area contributed by atoms with Crippen LogP contribution in [-0.4, -0.2) is 34.7 Å². The number of halogens is 2. The normalized spacial score (nSPS) is 20.7. The molecule has 8 heteroatoms. The predicted molar refractivity (Wildman–Crippen MR) is 92.4 cm³/mol. The van der Waals surface area contributed by atoms with Gasteiger partial charge in [-0.05, 0) is 30.2 Å². The van der Waals surface area contributed by atoms with Crippen molar-refractivity contribution in [1.29, 1.82) is 0 Å². The van der Waals surface area contributed by atoms with Crippen molar-refractivity contribution < 1.29 is 9.90 Å². The average molecular weight is 372 g/mol. The lowest BCUT2D eigenvalue weighted by Crippen LogP contribution is -2.35. The highest BCUT2D eigenvalue weighted by Crippen LogP contribution is 2.27. The number of anilines is 1. The van der Waals surface area contributed by atoms with E-state index in [9.17, 15) is 9.90 Å². The molecule has 2 heterocycles. The highest BCUT2D eigenvalue weighted by molar-refractivity contribution is 7.15. The van der Waals surface area contributed by atoms with Crippen molar-refractivity contribution in [2.75, 3.05) is 11.9 Å². The van der Waals surface area contributed by atoms with E-state index < -0.39 is 6.10 Å². The van der Waals surface area contributed by atoms with Gasteiger partial charge in [-0.1, -0.05) is 23.2 Å². The molecule has 1 aliphatic heterocycles. The summed E-state index contributed by atoms with van der Waals surface area (Å²) in [5.74, 6) is -0.178. The maximum absolute atomic E-state index is 12.1. The fourth-order valence-electron chi connectivity index (χ4n) is 2.42. The van der Waals surface area contributed by atoms with Crippen molar-refractivity contribution in [2.24, 2.45) is 0 Å². The van der Waals surface area contributed by atoms with Crippen molar-refractivity contribution in [3.8, 4) is 0 Å². The highest BCUT2D eigenvalue weighted by Gasteiger charge is 2.28. The minimum Gasteiger partial charge on any atom is -0.392 e. The van der Waals surface area contributed by atoms with Gasteiger partial charge in [0.25, 0.3) is 0 Å². The zero-order chi connectivity index (χ0) is 16.4. The lowest BCUT2D eigenvalue weighted by Gasteiger charge is -2.08. The molecule has 1 saturated heterocycles. The standard InChI is InChI=1S/C15H15Cl2N3O2S/c16-9-1-2-12(17)8(3-9)4-11-7-19-15(23-11)20-14(22)13-5-10(21)6-18-13/h1-3,7,10,13,18,21H,4-6H2,(H,19,20,22). The summed E-state index contributed by atoms with van der Waals surface area (Å²) in [6.07, 6.45) is 2.27. The molecule has 3 N–H and O–H groups in total. The van der Waals surface area contributed by atoms with Crippen LogP contribution in [0.5, 0.6) is 0 Å². The summed E-state index contributed by atoms with van der Waals surface area (Å²) in [5.41, 5.74) is 0.918. The van der Waals surface area contributed by atoms with Gasteiger partial charge in [0, 0.05) is 34.1 Å². The summed E-state index contributed by atoms with van der Waals surface area (Å²) in [6, 6.07) is 4.96. The summed E-state index contributed by atoms with van der Waals surface area (Å²) < 4.78 is 0. The van der Waals surface area contributed by atoms with Crippen LogP contribution in [0.15, 0.2) is 24.4 Å². The molecule has 0 saturated carbocycles. The predicted octanol–water partition coefficient (Wildman–Crippen LogP) is 2.70. The number of hydrogen-bond acceptors (Lipinski definition) is 5. The Morgan fingerprint density at radius 1 is 1.48 bits per heavy atom. The van der Waals surface area contributed by atoms with Crippen molar-refractivity contribution in [1.82, 2.24) is 10.3 Å². The van der Waals surface area contributed by atoms with Crippen LogP contribution < -0.4 is 10.6 Å². The van der Waals surface area contributed by atoms with Gasteiger partial charge >= 0.3 is 0 Å². The number of nitrogens with one attached hydrogen (secondary N) is 2. The first kappa shape index (κ1) is 16.7. The molecule has 1 aromatic carbocycles. The SMILES string of the molecule is O=C(Nc1ncc(Cc2cc(Cl)ccc2Cl)s1)C1CC(O)CN1. The molecule has 1 aliphatic rings. The molecule has 1 aromatic heterocycles. The van der Waals surface area contributed by atoms with Crippen LogP contribution in [-0.2, 0) is 11.2 Å². The number of β-amino-alcohol motifs (C(OH)–C–C–N with tert-alkyl or cyclic N) is 1. The molecule has 122 valence electrons. The van der Waals surface area contributed by atoms with Gasteiger partial charge < -0.3 is 15.7 Å². The van der Waals surface area contributed by atoms with Crippen LogP contribution >= 0.6 is 34.5 Å². The van der Waals surface area contributed by atoms with Crippen molar-refractivity contribution in [3.63, 3.8) is 0 Å². The molecular formula is C15H15Cl2N3O2S. The van der Waals surface area contributed by atoms with Gasteiger partial charge in [0.05, 0.1) is 12.1 Å². The minimum absolute atomic E-state index is 0.178. The van der Waals surface area contributed by atoms with E-state index in [1.54, 1.807) is 18.3 Å². The number of thiazole rings is 1. The van der Waals surface area contributed by atoms with Crippen LogP contribution in [0.3, 0.4) is 0 Å². The monoisotopic (exact) mass is 371 g/mol. The van der Waals surface area contributed by atoms with Crippen LogP contribution in [0.1, 0.15) is 16.9 Å². The Balaban J connectivity index is 1.64. The van der Waals surface area contributed by atoms with Gasteiger partial charge in [-0.3, -0.25) is 4.79 Å². The van der Waals surface area contributed by atoms with Gasteiger partial charge in [-0.25, -0.2) is 4.98 Å². The van der Waals surface area contributed by atoms with Crippen molar-refractivity contribution in [3.05, 3.63) is 44.9 Å². The molecule has 0 aliphatic carbocycles. The number of benzene rings is 1. The second kappa shape index (κ2) is 7.15. The molecule has 23 heavy (non-hydrogen) atoms. The first-order valence-electron chi connectivity index (χ1n) is 7.12. The fraction of sp³-hybridized carbons (Fsp3) is 0.333. The molecule has 3 rings (SSSR count). The average Bonchev–Trinajstić information content (AvgIpc) is 3.12. The fourth-order valence-corrected chi connectivity index (χ4v) is 3.64. The van der Waals surface area contributed by atoms with Crippen LogP contribution in [0.25, 0.3) is 0 Å². The Bertz CT molecular complexity index is 722. The summed E-state index contributed by atoms with van der Waals surface area (Å²) in [7, 11) is 0. The Morgan fingerprint density at radius 3 is 3.04 bits per heavy atom. The summed E-state index contributed by atoms with van der Waals surface area (Å²) in [4.78, 5) is 17.3. The van der Waals surface area contributed by atoms with E-state index in [1.165, 1.54) is 11.3 Å². The smallest absolute Gasteiger partial charge is 0.243 e. The Morgan fingerprint density at radius 2 is 2.30 bits per heavy atom. The molecule has 2 unspecified atom stereocenters. The van der Waals surface area contributed by atoms with Gasteiger partial charge in [-0.15, -0.1) is 11.3 Å². The number of aromatic nitrogens is 1. The number of hydrogen-bond donors (Lipinski definition) is 3. The molecule has 5 nitrogen and oxygen atoms in total. The maximum Gasteiger partial charge on any atom is 0.243 e. The number of aliphatic hydroxyl groups excluding tert-OH is 1. The molecule has 0 spiro atoms. The number of carbonyl (C=O) groups excluding carboxylic acids is 1. The largest absolute Gasteiger partial charge is 0.392 e. The quantitative estimate of drug-likeness (QED) is 0.772. The summed E-state index contributed by atoms with van der Waals surface area (Å²) in [5, 5.41) is 17.0.